The molecule has 0 saturated heterocycles. The van der Waals surface area contributed by atoms with E-state index < -0.39 is 0 Å². The molecule has 4 aromatic rings. The first-order valence-electron chi connectivity index (χ1n) is 9.20. The third-order valence-corrected chi connectivity index (χ3v) is 4.55. The molecule has 138 valence electrons. The van der Waals surface area contributed by atoms with Gasteiger partial charge in [0.05, 0.1) is 11.2 Å². The SMILES string of the molecule is CCN(c1ccccc1)c1cc(C(=O)Nc2cccc3cccnc23)ccn1. The van der Waals surface area contributed by atoms with Crippen LogP contribution in [-0.2, 0) is 0 Å². The first-order valence-corrected chi connectivity index (χ1v) is 9.20. The maximum absolute atomic E-state index is 12.9. The Hall–Kier alpha value is -3.73. The molecule has 2 heterocycles. The van der Waals surface area contributed by atoms with Gasteiger partial charge in [0.2, 0.25) is 0 Å². The van der Waals surface area contributed by atoms with Crippen LogP contribution < -0.4 is 10.2 Å². The van der Waals surface area contributed by atoms with Gasteiger partial charge in [-0.25, -0.2) is 4.98 Å². The molecule has 5 heteroatoms. The normalized spacial score (nSPS) is 10.6. The molecule has 0 bridgehead atoms. The summed E-state index contributed by atoms with van der Waals surface area (Å²) in [6.45, 7) is 2.80. The van der Waals surface area contributed by atoms with Gasteiger partial charge in [0.1, 0.15) is 5.82 Å². The summed E-state index contributed by atoms with van der Waals surface area (Å²) in [5.74, 6) is 0.545. The van der Waals surface area contributed by atoms with Crippen molar-refractivity contribution in [2.24, 2.45) is 0 Å². The lowest BCUT2D eigenvalue weighted by Gasteiger charge is -2.22. The number of benzene rings is 2. The van der Waals surface area contributed by atoms with Gasteiger partial charge in [-0.3, -0.25) is 9.78 Å². The molecule has 2 aromatic carbocycles. The average molecular weight is 368 g/mol. The summed E-state index contributed by atoms with van der Waals surface area (Å²) >= 11 is 0. The van der Waals surface area contributed by atoms with E-state index in [0.717, 1.165) is 29.0 Å². The molecular weight excluding hydrogens is 348 g/mol. The molecule has 0 fully saturated rings. The van der Waals surface area contributed by atoms with E-state index in [9.17, 15) is 4.79 Å². The number of hydrogen-bond acceptors (Lipinski definition) is 4. The van der Waals surface area contributed by atoms with Crippen LogP contribution in [0, 0.1) is 0 Å². The van der Waals surface area contributed by atoms with E-state index in [2.05, 4.69) is 27.1 Å². The summed E-state index contributed by atoms with van der Waals surface area (Å²) in [4.78, 5) is 23.8. The van der Waals surface area contributed by atoms with E-state index in [1.54, 1.807) is 18.5 Å². The van der Waals surface area contributed by atoms with Gasteiger partial charge < -0.3 is 10.2 Å². The van der Waals surface area contributed by atoms with Crippen molar-refractivity contribution in [3.05, 3.63) is 90.8 Å². The second kappa shape index (κ2) is 7.88. The molecular formula is C23H20N4O. The highest BCUT2D eigenvalue weighted by molar-refractivity contribution is 6.08. The van der Waals surface area contributed by atoms with Crippen molar-refractivity contribution in [3.8, 4) is 0 Å². The van der Waals surface area contributed by atoms with Crippen molar-refractivity contribution in [2.45, 2.75) is 6.92 Å². The van der Waals surface area contributed by atoms with E-state index in [1.165, 1.54) is 0 Å². The minimum atomic E-state index is -0.189. The van der Waals surface area contributed by atoms with Gasteiger partial charge in [-0.05, 0) is 43.3 Å². The summed E-state index contributed by atoms with van der Waals surface area (Å²) in [5.41, 5.74) is 3.05. The van der Waals surface area contributed by atoms with Crippen molar-refractivity contribution in [3.63, 3.8) is 0 Å². The van der Waals surface area contributed by atoms with Gasteiger partial charge in [-0.15, -0.1) is 0 Å². The highest BCUT2D eigenvalue weighted by Gasteiger charge is 2.13. The first-order chi connectivity index (χ1) is 13.8. The molecule has 2 aromatic heterocycles. The van der Waals surface area contributed by atoms with Gasteiger partial charge >= 0.3 is 0 Å². The molecule has 0 atom stereocenters. The number of amides is 1. The Labute approximate surface area is 163 Å². The maximum Gasteiger partial charge on any atom is 0.255 e. The highest BCUT2D eigenvalue weighted by atomic mass is 16.1. The number of rotatable bonds is 5. The lowest BCUT2D eigenvalue weighted by atomic mass is 10.1. The predicted molar refractivity (Wildman–Crippen MR) is 113 cm³/mol. The van der Waals surface area contributed by atoms with Crippen LogP contribution in [0.2, 0.25) is 0 Å². The van der Waals surface area contributed by atoms with Gasteiger partial charge in [0, 0.05) is 35.6 Å². The van der Waals surface area contributed by atoms with Crippen molar-refractivity contribution in [1.29, 1.82) is 0 Å². The number of carbonyl (C=O) groups is 1. The fraction of sp³-hybridized carbons (Fsp3) is 0.0870. The molecule has 0 saturated carbocycles. The molecule has 0 spiro atoms. The number of para-hydroxylation sites is 2. The van der Waals surface area contributed by atoms with Crippen LogP contribution >= 0.6 is 0 Å². The minimum absolute atomic E-state index is 0.189. The Morgan fingerprint density at radius 1 is 0.929 bits per heavy atom. The van der Waals surface area contributed by atoms with Gasteiger partial charge in [0.25, 0.3) is 5.91 Å². The van der Waals surface area contributed by atoms with Crippen LogP contribution in [0.25, 0.3) is 10.9 Å². The summed E-state index contributed by atoms with van der Waals surface area (Å²) in [5, 5.41) is 3.96. The summed E-state index contributed by atoms with van der Waals surface area (Å²) in [6, 6.07) is 23.1. The maximum atomic E-state index is 12.9. The van der Waals surface area contributed by atoms with Crippen LogP contribution in [-0.4, -0.2) is 22.4 Å². The minimum Gasteiger partial charge on any atom is -0.327 e. The van der Waals surface area contributed by atoms with Crippen molar-refractivity contribution >= 4 is 34.0 Å². The first kappa shape index (κ1) is 17.7. The molecule has 5 nitrogen and oxygen atoms in total. The molecule has 0 unspecified atom stereocenters. The molecule has 0 aliphatic rings. The van der Waals surface area contributed by atoms with E-state index in [-0.39, 0.29) is 5.91 Å². The second-order valence-electron chi connectivity index (χ2n) is 6.32. The predicted octanol–water partition coefficient (Wildman–Crippen LogP) is 5.04. The summed E-state index contributed by atoms with van der Waals surface area (Å²) < 4.78 is 0. The van der Waals surface area contributed by atoms with Gasteiger partial charge in [0.15, 0.2) is 0 Å². The number of aromatic nitrogens is 2. The number of nitrogens with zero attached hydrogens (tertiary/aromatic N) is 3. The second-order valence-corrected chi connectivity index (χ2v) is 6.32. The molecule has 0 aliphatic heterocycles. The average Bonchev–Trinajstić information content (AvgIpc) is 2.75. The molecule has 4 rings (SSSR count). The Morgan fingerprint density at radius 3 is 2.57 bits per heavy atom. The number of anilines is 3. The fourth-order valence-electron chi connectivity index (χ4n) is 3.19. The topological polar surface area (TPSA) is 58.1 Å². The molecule has 0 radical (unpaired) electrons. The molecule has 0 aliphatic carbocycles. The Balaban J connectivity index is 1.63. The largest absolute Gasteiger partial charge is 0.327 e. The van der Waals surface area contributed by atoms with Crippen LogP contribution in [0.1, 0.15) is 17.3 Å². The standard InChI is InChI=1S/C23H20N4O/c1-2-27(19-10-4-3-5-11-19)21-16-18(13-15-24-21)23(28)26-20-12-6-8-17-9-7-14-25-22(17)20/h3-16H,2H2,1H3,(H,26,28). The van der Waals surface area contributed by atoms with E-state index in [4.69, 9.17) is 0 Å². The number of fused-ring (bicyclic) bond motifs is 1. The van der Waals surface area contributed by atoms with Gasteiger partial charge in [-0.1, -0.05) is 36.4 Å². The third-order valence-electron chi connectivity index (χ3n) is 4.55. The lowest BCUT2D eigenvalue weighted by Crippen LogP contribution is -2.19. The molecule has 28 heavy (non-hydrogen) atoms. The van der Waals surface area contributed by atoms with Crippen molar-refractivity contribution in [1.82, 2.24) is 9.97 Å². The zero-order valence-corrected chi connectivity index (χ0v) is 15.5. The van der Waals surface area contributed by atoms with Crippen LogP contribution in [0.4, 0.5) is 17.2 Å². The Kier molecular flexibility index (Phi) is 4.97. The van der Waals surface area contributed by atoms with Crippen LogP contribution in [0.5, 0.6) is 0 Å². The zero-order valence-electron chi connectivity index (χ0n) is 15.5. The third kappa shape index (κ3) is 3.55. The van der Waals surface area contributed by atoms with Crippen molar-refractivity contribution < 1.29 is 4.79 Å². The molecule has 1 N–H and O–H groups in total. The number of carbonyl (C=O) groups excluding carboxylic acids is 1. The van der Waals surface area contributed by atoms with E-state index in [1.807, 2.05) is 66.7 Å². The zero-order chi connectivity index (χ0) is 19.3. The summed E-state index contributed by atoms with van der Waals surface area (Å²) in [6.07, 6.45) is 3.39. The number of nitrogens with one attached hydrogen (secondary N) is 1. The smallest absolute Gasteiger partial charge is 0.255 e. The fourth-order valence-corrected chi connectivity index (χ4v) is 3.19. The van der Waals surface area contributed by atoms with Crippen LogP contribution in [0.3, 0.4) is 0 Å². The number of hydrogen-bond donors (Lipinski definition) is 1. The highest BCUT2D eigenvalue weighted by Crippen LogP contribution is 2.25. The monoisotopic (exact) mass is 368 g/mol. The van der Waals surface area contributed by atoms with E-state index in [0.29, 0.717) is 11.3 Å². The molecule has 1 amide bonds. The Morgan fingerprint density at radius 2 is 1.75 bits per heavy atom. The summed E-state index contributed by atoms with van der Waals surface area (Å²) in [7, 11) is 0. The van der Waals surface area contributed by atoms with E-state index >= 15 is 0 Å². The number of pyridine rings is 2. The quantitative estimate of drug-likeness (QED) is 0.536. The van der Waals surface area contributed by atoms with Crippen molar-refractivity contribution in [2.75, 3.05) is 16.8 Å². The Bertz CT molecular complexity index is 1110. The van der Waals surface area contributed by atoms with Crippen LogP contribution in [0.15, 0.2) is 85.2 Å². The lowest BCUT2D eigenvalue weighted by molar-refractivity contribution is 0.102. The van der Waals surface area contributed by atoms with Gasteiger partial charge in [-0.2, -0.15) is 0 Å².